The van der Waals surface area contributed by atoms with E-state index in [2.05, 4.69) is 32.8 Å². The number of rotatable bonds is 12. The van der Waals surface area contributed by atoms with Gasteiger partial charge in [0.25, 0.3) is 0 Å². The first-order chi connectivity index (χ1) is 20.8. The number of thioether (sulfide) groups is 1. The predicted octanol–water partition coefficient (Wildman–Crippen LogP) is 6.23. The minimum absolute atomic E-state index is 0.0531. The molecule has 222 valence electrons. The summed E-state index contributed by atoms with van der Waals surface area (Å²) in [6.07, 6.45) is -0.799. The number of nitrogens with zero attached hydrogens (tertiary/aromatic N) is 3. The summed E-state index contributed by atoms with van der Waals surface area (Å²) in [4.78, 5) is 0. The van der Waals surface area contributed by atoms with Crippen LogP contribution in [-0.4, -0.2) is 62.8 Å². The van der Waals surface area contributed by atoms with E-state index in [1.807, 2.05) is 59.2 Å². The second-order valence-electron chi connectivity index (χ2n) is 9.62. The Morgan fingerprint density at radius 1 is 0.814 bits per heavy atom. The van der Waals surface area contributed by atoms with Crippen molar-refractivity contribution >= 4 is 34.4 Å². The molecule has 11 heteroatoms. The number of aromatic nitrogens is 3. The van der Waals surface area contributed by atoms with Crippen LogP contribution in [0.2, 0.25) is 0 Å². The highest BCUT2D eigenvalue weighted by Crippen LogP contribution is 2.34. The molecule has 0 amide bonds. The van der Waals surface area contributed by atoms with Gasteiger partial charge < -0.3 is 29.5 Å². The van der Waals surface area contributed by atoms with Crippen molar-refractivity contribution < 1.29 is 29.5 Å². The van der Waals surface area contributed by atoms with Crippen LogP contribution in [-0.2, 0) is 6.54 Å². The van der Waals surface area contributed by atoms with E-state index in [1.54, 1.807) is 31.4 Å². The monoisotopic (exact) mass is 711 g/mol. The molecular weight excluding hydrogens is 681 g/mol. The quantitative estimate of drug-likeness (QED) is 0.102. The molecule has 0 radical (unpaired) electrons. The third-order valence-electron chi connectivity index (χ3n) is 6.56. The zero-order chi connectivity index (χ0) is 30.3. The molecule has 0 aliphatic carbocycles. The lowest BCUT2D eigenvalue weighted by Gasteiger charge is -2.16. The molecule has 3 N–H and O–H groups in total. The number of aromatic hydroxyl groups is 2. The molecule has 0 saturated carbocycles. The van der Waals surface area contributed by atoms with E-state index in [-0.39, 0.29) is 18.1 Å². The van der Waals surface area contributed by atoms with E-state index in [1.165, 1.54) is 24.9 Å². The van der Waals surface area contributed by atoms with Gasteiger partial charge in [-0.25, -0.2) is 0 Å². The largest absolute Gasteiger partial charge is 0.508 e. The van der Waals surface area contributed by atoms with E-state index in [0.717, 1.165) is 26.0 Å². The highest BCUT2D eigenvalue weighted by Gasteiger charge is 2.19. The van der Waals surface area contributed by atoms with Gasteiger partial charge in [0, 0.05) is 26.5 Å². The van der Waals surface area contributed by atoms with Crippen LogP contribution >= 0.6 is 34.4 Å². The number of phenolic OH excluding ortho intramolecular Hbond substituents is 2. The summed E-state index contributed by atoms with van der Waals surface area (Å²) in [6.45, 7) is 0.528. The third kappa shape index (κ3) is 7.72. The number of halogens is 1. The summed E-state index contributed by atoms with van der Waals surface area (Å²) >= 11 is 3.61. The smallest absolute Gasteiger partial charge is 0.191 e. The number of aliphatic hydroxyl groups excluding tert-OH is 1. The maximum atomic E-state index is 10.9. The molecule has 0 aliphatic rings. The maximum Gasteiger partial charge on any atom is 0.191 e. The van der Waals surface area contributed by atoms with Gasteiger partial charge in [0.05, 0.1) is 26.9 Å². The van der Waals surface area contributed by atoms with Crippen LogP contribution in [0.5, 0.6) is 28.7 Å². The minimum Gasteiger partial charge on any atom is -0.508 e. The predicted molar refractivity (Wildman–Crippen MR) is 174 cm³/mol. The Bertz CT molecular complexity index is 1680. The molecule has 5 rings (SSSR count). The fourth-order valence-corrected chi connectivity index (χ4v) is 5.73. The molecule has 1 heterocycles. The van der Waals surface area contributed by atoms with E-state index < -0.39 is 6.10 Å². The van der Waals surface area contributed by atoms with Crippen molar-refractivity contribution in [1.29, 1.82) is 0 Å². The van der Waals surface area contributed by atoms with E-state index in [4.69, 9.17) is 14.2 Å². The van der Waals surface area contributed by atoms with Crippen LogP contribution in [0, 0.1) is 3.57 Å². The van der Waals surface area contributed by atoms with Gasteiger partial charge in [-0.2, -0.15) is 0 Å². The third-order valence-corrected chi connectivity index (χ3v) is 8.34. The summed E-state index contributed by atoms with van der Waals surface area (Å²) in [5.74, 6) is 2.99. The number of ether oxygens (including phenoxy) is 3. The van der Waals surface area contributed by atoms with Crippen LogP contribution in [0.25, 0.3) is 22.5 Å². The molecule has 9 nitrogen and oxygen atoms in total. The van der Waals surface area contributed by atoms with Gasteiger partial charge in [-0.3, -0.25) is 4.57 Å². The van der Waals surface area contributed by atoms with Crippen LogP contribution in [0.4, 0.5) is 0 Å². The topological polar surface area (TPSA) is 119 Å². The van der Waals surface area contributed by atoms with Gasteiger partial charge >= 0.3 is 0 Å². The van der Waals surface area contributed by atoms with Gasteiger partial charge in [-0.15, -0.1) is 10.2 Å². The molecule has 1 aromatic heterocycles. The lowest BCUT2D eigenvalue weighted by atomic mass is 10.0. The number of methoxy groups -OCH3 is 2. The Morgan fingerprint density at radius 2 is 1.56 bits per heavy atom. The SMILES string of the molecule is COc1ccc(Cn2c(SCC(O)COc3ccc(I)cc3-c3ccc(O)cc3)nnc2-c2cc(O)cc(OC)c2)cc1. The fourth-order valence-electron chi connectivity index (χ4n) is 4.39. The molecule has 4 aromatic carbocycles. The summed E-state index contributed by atoms with van der Waals surface area (Å²) in [6, 6.07) is 25.4. The number of benzene rings is 4. The van der Waals surface area contributed by atoms with Crippen LogP contribution in [0.1, 0.15) is 5.56 Å². The molecule has 0 aliphatic heterocycles. The summed E-state index contributed by atoms with van der Waals surface area (Å²) in [5.41, 5.74) is 3.42. The molecule has 0 saturated heterocycles. The molecule has 1 atom stereocenters. The molecular formula is C32H30IN3O6S. The van der Waals surface area contributed by atoms with Crippen molar-refractivity contribution in [2.24, 2.45) is 0 Å². The van der Waals surface area contributed by atoms with Gasteiger partial charge in [0.2, 0.25) is 0 Å². The van der Waals surface area contributed by atoms with Crippen LogP contribution < -0.4 is 14.2 Å². The Hall–Kier alpha value is -3.94. The van der Waals surface area contributed by atoms with Gasteiger partial charge in [-0.1, -0.05) is 36.0 Å². The van der Waals surface area contributed by atoms with Crippen LogP contribution in [0.3, 0.4) is 0 Å². The molecule has 0 fully saturated rings. The standard InChI is InChI=1S/C32H30IN3O6S/c1-40-27-10-3-20(4-11-27)17-36-31(22-13-25(38)16-28(14-22)41-2)34-35-32(36)43-19-26(39)18-42-30-12-7-23(33)15-29(30)21-5-8-24(37)9-6-21/h3-16,26,37-39H,17-19H2,1-2H3. The zero-order valence-corrected chi connectivity index (χ0v) is 26.4. The summed E-state index contributed by atoms with van der Waals surface area (Å²) in [5, 5.41) is 40.3. The second kappa shape index (κ2) is 14.0. The van der Waals surface area contributed by atoms with Gasteiger partial charge in [0.1, 0.15) is 35.4 Å². The number of hydrogen-bond acceptors (Lipinski definition) is 9. The maximum absolute atomic E-state index is 10.9. The van der Waals surface area contributed by atoms with Crippen molar-refractivity contribution in [3.63, 3.8) is 0 Å². The minimum atomic E-state index is -0.799. The van der Waals surface area contributed by atoms with Crippen LogP contribution in [0.15, 0.2) is 90.1 Å². The first-order valence-electron chi connectivity index (χ1n) is 13.3. The highest BCUT2D eigenvalue weighted by molar-refractivity contribution is 14.1. The first kappa shape index (κ1) is 30.5. The van der Waals surface area contributed by atoms with Crippen molar-refractivity contribution in [2.75, 3.05) is 26.6 Å². The average Bonchev–Trinajstić information content (AvgIpc) is 3.42. The molecule has 0 spiro atoms. The Morgan fingerprint density at radius 3 is 2.28 bits per heavy atom. The van der Waals surface area contributed by atoms with E-state index in [9.17, 15) is 15.3 Å². The lowest BCUT2D eigenvalue weighted by Crippen LogP contribution is -2.20. The van der Waals surface area contributed by atoms with E-state index >= 15 is 0 Å². The first-order valence-corrected chi connectivity index (χ1v) is 15.4. The Labute approximate surface area is 267 Å². The number of hydrogen-bond donors (Lipinski definition) is 3. The Kier molecular flexibility index (Phi) is 9.95. The van der Waals surface area contributed by atoms with Gasteiger partial charge in [-0.05, 0) is 88.3 Å². The zero-order valence-electron chi connectivity index (χ0n) is 23.5. The van der Waals surface area contributed by atoms with Crippen molar-refractivity contribution in [3.8, 4) is 51.3 Å². The van der Waals surface area contributed by atoms with Crippen molar-refractivity contribution in [3.05, 3.63) is 94.1 Å². The molecule has 1 unspecified atom stereocenters. The number of phenols is 2. The summed E-state index contributed by atoms with van der Waals surface area (Å²) < 4.78 is 19.7. The van der Waals surface area contributed by atoms with Crippen molar-refractivity contribution in [1.82, 2.24) is 14.8 Å². The molecule has 43 heavy (non-hydrogen) atoms. The highest BCUT2D eigenvalue weighted by atomic mass is 127. The molecule has 0 bridgehead atoms. The molecule has 5 aromatic rings. The normalized spacial score (nSPS) is 11.7. The second-order valence-corrected chi connectivity index (χ2v) is 11.9. The fraction of sp³-hybridized carbons (Fsp3) is 0.188. The Balaban J connectivity index is 1.33. The average molecular weight is 712 g/mol. The van der Waals surface area contributed by atoms with Crippen molar-refractivity contribution in [2.45, 2.75) is 17.8 Å². The number of aliphatic hydroxyl groups is 1. The van der Waals surface area contributed by atoms with E-state index in [0.29, 0.717) is 40.3 Å². The summed E-state index contributed by atoms with van der Waals surface area (Å²) in [7, 11) is 3.16. The van der Waals surface area contributed by atoms with Gasteiger partial charge in [0.15, 0.2) is 11.0 Å². The lowest BCUT2D eigenvalue weighted by molar-refractivity contribution is 0.126.